The largest absolute Gasteiger partial charge is 0.494 e. The molecule has 6 nitrogen and oxygen atoms in total. The van der Waals surface area contributed by atoms with Crippen LogP contribution in [-0.4, -0.2) is 31.5 Å². The standard InChI is InChI=1S/C10H12ClNO5S2/c1-2-17-9-5-8(12(13)14)6-10(7-9)18-3-4-19(11,15)16/h5-7H,2-4H2,1H3. The SMILES string of the molecule is CCOc1cc(SCCS(=O)(=O)Cl)cc([N+](=O)[O-])c1. The van der Waals surface area contributed by atoms with Gasteiger partial charge in [-0.15, -0.1) is 11.8 Å². The van der Waals surface area contributed by atoms with Gasteiger partial charge in [0, 0.05) is 27.4 Å². The molecule has 0 aromatic heterocycles. The summed E-state index contributed by atoms with van der Waals surface area (Å²) in [5.41, 5.74) is -0.0952. The lowest BCUT2D eigenvalue weighted by atomic mass is 10.3. The summed E-state index contributed by atoms with van der Waals surface area (Å²) in [7, 11) is 1.53. The van der Waals surface area contributed by atoms with E-state index in [0.717, 1.165) is 0 Å². The maximum Gasteiger partial charge on any atom is 0.274 e. The zero-order valence-electron chi connectivity index (χ0n) is 10.0. The molecule has 1 aromatic carbocycles. The van der Waals surface area contributed by atoms with Gasteiger partial charge in [0.25, 0.3) is 5.69 Å². The molecule has 0 atom stereocenters. The summed E-state index contributed by atoms with van der Waals surface area (Å²) < 4.78 is 26.8. The van der Waals surface area contributed by atoms with Crippen LogP contribution in [0, 0.1) is 10.1 Å². The van der Waals surface area contributed by atoms with Gasteiger partial charge in [0.1, 0.15) is 5.75 Å². The second-order valence-electron chi connectivity index (χ2n) is 3.44. The van der Waals surface area contributed by atoms with Gasteiger partial charge in [-0.1, -0.05) is 0 Å². The molecule has 0 bridgehead atoms. The van der Waals surface area contributed by atoms with E-state index in [1.54, 1.807) is 13.0 Å². The molecule has 0 saturated heterocycles. The first kappa shape index (κ1) is 16.1. The minimum atomic E-state index is -3.55. The molecule has 0 aliphatic rings. The van der Waals surface area contributed by atoms with E-state index in [9.17, 15) is 18.5 Å². The topological polar surface area (TPSA) is 86.5 Å². The van der Waals surface area contributed by atoms with Crippen molar-refractivity contribution in [2.75, 3.05) is 18.1 Å². The van der Waals surface area contributed by atoms with Crippen molar-refractivity contribution >= 4 is 37.2 Å². The summed E-state index contributed by atoms with van der Waals surface area (Å²) in [6.45, 7) is 2.16. The molecule has 0 radical (unpaired) electrons. The Bertz CT molecular complexity index is 561. The first-order chi connectivity index (χ1) is 8.81. The Morgan fingerprint density at radius 1 is 1.42 bits per heavy atom. The normalized spacial score (nSPS) is 11.3. The van der Waals surface area contributed by atoms with Crippen LogP contribution < -0.4 is 4.74 Å². The van der Waals surface area contributed by atoms with Crippen molar-refractivity contribution < 1.29 is 18.1 Å². The second kappa shape index (κ2) is 6.97. The number of hydrogen-bond acceptors (Lipinski definition) is 6. The molecule has 0 fully saturated rings. The van der Waals surface area contributed by atoms with E-state index >= 15 is 0 Å². The Morgan fingerprint density at radius 2 is 2.11 bits per heavy atom. The molecule has 19 heavy (non-hydrogen) atoms. The lowest BCUT2D eigenvalue weighted by Gasteiger charge is -2.06. The molecule has 0 aliphatic carbocycles. The van der Waals surface area contributed by atoms with Gasteiger partial charge in [0.05, 0.1) is 23.3 Å². The minimum Gasteiger partial charge on any atom is -0.494 e. The van der Waals surface area contributed by atoms with Gasteiger partial charge >= 0.3 is 0 Å². The van der Waals surface area contributed by atoms with Crippen LogP contribution in [-0.2, 0) is 9.05 Å². The molecule has 0 N–H and O–H groups in total. The molecule has 0 unspecified atom stereocenters. The highest BCUT2D eigenvalue weighted by Gasteiger charge is 2.12. The number of rotatable bonds is 7. The summed E-state index contributed by atoms with van der Waals surface area (Å²) in [6.07, 6.45) is 0. The highest BCUT2D eigenvalue weighted by atomic mass is 35.7. The van der Waals surface area contributed by atoms with Crippen molar-refractivity contribution in [3.8, 4) is 5.75 Å². The molecular weight excluding hydrogens is 314 g/mol. The maximum absolute atomic E-state index is 10.8. The summed E-state index contributed by atoms with van der Waals surface area (Å²) in [4.78, 5) is 10.8. The predicted octanol–water partition coefficient (Wildman–Crippen LogP) is 2.65. The van der Waals surface area contributed by atoms with Crippen LogP contribution in [0.15, 0.2) is 23.1 Å². The summed E-state index contributed by atoms with van der Waals surface area (Å²) in [6, 6.07) is 4.32. The Hall–Kier alpha value is -0.990. The lowest BCUT2D eigenvalue weighted by molar-refractivity contribution is -0.385. The molecule has 1 rings (SSSR count). The van der Waals surface area contributed by atoms with Crippen LogP contribution in [0.4, 0.5) is 5.69 Å². The van der Waals surface area contributed by atoms with Gasteiger partial charge in [0.15, 0.2) is 0 Å². The summed E-state index contributed by atoms with van der Waals surface area (Å²) >= 11 is 1.17. The van der Waals surface area contributed by atoms with E-state index < -0.39 is 14.0 Å². The number of benzene rings is 1. The van der Waals surface area contributed by atoms with Crippen molar-refractivity contribution in [2.45, 2.75) is 11.8 Å². The van der Waals surface area contributed by atoms with Crippen LogP contribution in [0.5, 0.6) is 5.75 Å². The third-order valence-electron chi connectivity index (χ3n) is 1.98. The van der Waals surface area contributed by atoms with Crippen molar-refractivity contribution in [2.24, 2.45) is 0 Å². The molecule has 0 heterocycles. The Morgan fingerprint density at radius 3 is 2.63 bits per heavy atom. The van der Waals surface area contributed by atoms with E-state index in [4.69, 9.17) is 15.4 Å². The van der Waals surface area contributed by atoms with E-state index in [-0.39, 0.29) is 17.2 Å². The van der Waals surface area contributed by atoms with Gasteiger partial charge < -0.3 is 4.74 Å². The average Bonchev–Trinajstić information content (AvgIpc) is 2.27. The Balaban J connectivity index is 2.84. The molecule has 0 saturated carbocycles. The zero-order chi connectivity index (χ0) is 14.5. The fourth-order valence-electron chi connectivity index (χ4n) is 1.25. The van der Waals surface area contributed by atoms with Crippen LogP contribution in [0.3, 0.4) is 0 Å². The predicted molar refractivity (Wildman–Crippen MR) is 74.6 cm³/mol. The molecule has 106 valence electrons. The molecule has 0 aliphatic heterocycles. The van der Waals surface area contributed by atoms with Crippen LogP contribution in [0.25, 0.3) is 0 Å². The quantitative estimate of drug-likeness (QED) is 0.331. The molecule has 1 aromatic rings. The smallest absolute Gasteiger partial charge is 0.274 e. The van der Waals surface area contributed by atoms with Crippen molar-refractivity contribution in [3.63, 3.8) is 0 Å². The van der Waals surface area contributed by atoms with Crippen molar-refractivity contribution in [1.29, 1.82) is 0 Å². The average molecular weight is 326 g/mol. The number of thioether (sulfide) groups is 1. The van der Waals surface area contributed by atoms with E-state index in [1.165, 1.54) is 23.9 Å². The zero-order valence-corrected chi connectivity index (χ0v) is 12.4. The number of ether oxygens (including phenoxy) is 1. The number of nitro benzene ring substituents is 1. The lowest BCUT2D eigenvalue weighted by Crippen LogP contribution is -2.00. The number of nitro groups is 1. The fraction of sp³-hybridized carbons (Fsp3) is 0.400. The fourth-order valence-corrected chi connectivity index (χ4v) is 3.59. The third-order valence-corrected chi connectivity index (χ3v) is 4.37. The highest BCUT2D eigenvalue weighted by Crippen LogP contribution is 2.29. The van der Waals surface area contributed by atoms with Crippen molar-refractivity contribution in [1.82, 2.24) is 0 Å². The first-order valence-electron chi connectivity index (χ1n) is 5.29. The number of nitrogens with zero attached hydrogens (tertiary/aromatic N) is 1. The van der Waals surface area contributed by atoms with Crippen LogP contribution >= 0.6 is 22.4 Å². The van der Waals surface area contributed by atoms with Gasteiger partial charge in [-0.3, -0.25) is 10.1 Å². The first-order valence-corrected chi connectivity index (χ1v) is 8.75. The van der Waals surface area contributed by atoms with E-state index in [1.807, 2.05) is 0 Å². The number of halogens is 1. The van der Waals surface area contributed by atoms with E-state index in [0.29, 0.717) is 17.3 Å². The highest BCUT2D eigenvalue weighted by molar-refractivity contribution is 8.14. The monoisotopic (exact) mass is 325 g/mol. The van der Waals surface area contributed by atoms with E-state index in [2.05, 4.69) is 0 Å². The van der Waals surface area contributed by atoms with Gasteiger partial charge in [-0.2, -0.15) is 0 Å². The second-order valence-corrected chi connectivity index (χ2v) is 7.51. The molecule has 9 heteroatoms. The minimum absolute atomic E-state index is 0.0952. The maximum atomic E-state index is 10.8. The van der Waals surface area contributed by atoms with Gasteiger partial charge in [-0.05, 0) is 13.0 Å². The van der Waals surface area contributed by atoms with Gasteiger partial charge in [-0.25, -0.2) is 8.42 Å². The number of hydrogen-bond donors (Lipinski definition) is 0. The van der Waals surface area contributed by atoms with Crippen LogP contribution in [0.1, 0.15) is 6.92 Å². The molecule has 0 amide bonds. The van der Waals surface area contributed by atoms with Gasteiger partial charge in [0.2, 0.25) is 9.05 Å². The molecular formula is C10H12ClNO5S2. The third kappa shape index (κ3) is 6.13. The summed E-state index contributed by atoms with van der Waals surface area (Å²) in [5.74, 6) is 0.401. The Labute approximate surface area is 119 Å². The van der Waals surface area contributed by atoms with Crippen LogP contribution in [0.2, 0.25) is 0 Å². The summed E-state index contributed by atoms with van der Waals surface area (Å²) in [5, 5.41) is 10.8. The Kier molecular flexibility index (Phi) is 5.89. The number of non-ortho nitro benzene ring substituents is 1. The molecule has 0 spiro atoms. The van der Waals surface area contributed by atoms with Crippen molar-refractivity contribution in [3.05, 3.63) is 28.3 Å².